The van der Waals surface area contributed by atoms with Crippen LogP contribution in [0.3, 0.4) is 0 Å². The Balaban J connectivity index is 2.03. The Morgan fingerprint density at radius 2 is 2.00 bits per heavy atom. The summed E-state index contributed by atoms with van der Waals surface area (Å²) in [6.45, 7) is 2.17. The zero-order valence-corrected chi connectivity index (χ0v) is 10.7. The lowest BCUT2D eigenvalue weighted by Crippen LogP contribution is -2.27. The van der Waals surface area contributed by atoms with Gasteiger partial charge in [0.1, 0.15) is 0 Å². The lowest BCUT2D eigenvalue weighted by atomic mass is 10.0. The van der Waals surface area contributed by atoms with Gasteiger partial charge in [0.2, 0.25) is 5.91 Å². The van der Waals surface area contributed by atoms with Crippen LogP contribution in [0.15, 0.2) is 24.3 Å². The van der Waals surface area contributed by atoms with Crippen LogP contribution in [-0.4, -0.2) is 35.0 Å². The standard InChI is InChI=1S/C14H18N2O3/c15-14(19)12-5-6-16(9-12)8-11-4-2-1-3-10(11)7-13(17)18/h1-4,12H,5-9H2,(H2,15,19)(H,17,18). The molecule has 2 rings (SSSR count). The fourth-order valence-electron chi connectivity index (χ4n) is 2.50. The van der Waals surface area contributed by atoms with Gasteiger partial charge in [-0.05, 0) is 24.1 Å². The summed E-state index contributed by atoms with van der Waals surface area (Å²) in [5.41, 5.74) is 7.15. The molecule has 1 unspecified atom stereocenters. The summed E-state index contributed by atoms with van der Waals surface area (Å²) < 4.78 is 0. The molecule has 0 spiro atoms. The number of carbonyl (C=O) groups is 2. The van der Waals surface area contributed by atoms with E-state index < -0.39 is 5.97 Å². The van der Waals surface area contributed by atoms with Crippen molar-refractivity contribution in [1.82, 2.24) is 4.90 Å². The average Bonchev–Trinajstić information content (AvgIpc) is 2.80. The van der Waals surface area contributed by atoms with Crippen molar-refractivity contribution in [3.05, 3.63) is 35.4 Å². The normalized spacial score (nSPS) is 19.5. The summed E-state index contributed by atoms with van der Waals surface area (Å²) in [6, 6.07) is 7.53. The lowest BCUT2D eigenvalue weighted by Gasteiger charge is -2.17. The predicted octanol–water partition coefficient (Wildman–Crippen LogP) is 0.621. The van der Waals surface area contributed by atoms with E-state index in [4.69, 9.17) is 10.8 Å². The highest BCUT2D eigenvalue weighted by Gasteiger charge is 2.26. The third-order valence-electron chi connectivity index (χ3n) is 3.53. The first kappa shape index (κ1) is 13.5. The molecule has 1 aliphatic rings. The molecule has 1 aromatic rings. The molecule has 1 saturated heterocycles. The highest BCUT2D eigenvalue weighted by Crippen LogP contribution is 2.20. The average molecular weight is 262 g/mol. The molecule has 1 amide bonds. The van der Waals surface area contributed by atoms with E-state index >= 15 is 0 Å². The van der Waals surface area contributed by atoms with Crippen LogP contribution in [0.1, 0.15) is 17.5 Å². The highest BCUT2D eigenvalue weighted by atomic mass is 16.4. The SMILES string of the molecule is NC(=O)C1CCN(Cc2ccccc2CC(=O)O)C1. The van der Waals surface area contributed by atoms with Crippen molar-refractivity contribution in [2.24, 2.45) is 11.7 Å². The molecule has 1 atom stereocenters. The van der Waals surface area contributed by atoms with Gasteiger partial charge in [-0.3, -0.25) is 14.5 Å². The first-order chi connectivity index (χ1) is 9.06. The lowest BCUT2D eigenvalue weighted by molar-refractivity contribution is -0.136. The van der Waals surface area contributed by atoms with E-state index in [2.05, 4.69) is 4.90 Å². The van der Waals surface area contributed by atoms with E-state index in [9.17, 15) is 9.59 Å². The maximum absolute atomic E-state index is 11.1. The van der Waals surface area contributed by atoms with Crippen molar-refractivity contribution in [3.63, 3.8) is 0 Å². The van der Waals surface area contributed by atoms with Gasteiger partial charge >= 0.3 is 5.97 Å². The number of hydrogen-bond donors (Lipinski definition) is 2. The van der Waals surface area contributed by atoms with Gasteiger partial charge in [0.15, 0.2) is 0 Å². The van der Waals surface area contributed by atoms with E-state index in [0.717, 1.165) is 24.1 Å². The number of carboxylic acids is 1. The van der Waals surface area contributed by atoms with Crippen LogP contribution in [-0.2, 0) is 22.6 Å². The zero-order valence-electron chi connectivity index (χ0n) is 10.7. The van der Waals surface area contributed by atoms with Crippen molar-refractivity contribution in [2.45, 2.75) is 19.4 Å². The van der Waals surface area contributed by atoms with Crippen LogP contribution < -0.4 is 5.73 Å². The fourth-order valence-corrected chi connectivity index (χ4v) is 2.50. The maximum Gasteiger partial charge on any atom is 0.307 e. The molecule has 1 fully saturated rings. The molecular formula is C14H18N2O3. The molecule has 5 nitrogen and oxygen atoms in total. The summed E-state index contributed by atoms with van der Waals surface area (Å²) in [7, 11) is 0. The fraction of sp³-hybridized carbons (Fsp3) is 0.429. The number of benzene rings is 1. The van der Waals surface area contributed by atoms with Crippen LogP contribution in [0.5, 0.6) is 0 Å². The second-order valence-corrected chi connectivity index (χ2v) is 4.96. The van der Waals surface area contributed by atoms with E-state index in [1.807, 2.05) is 24.3 Å². The van der Waals surface area contributed by atoms with Crippen molar-refractivity contribution >= 4 is 11.9 Å². The Morgan fingerprint density at radius 3 is 2.58 bits per heavy atom. The smallest absolute Gasteiger partial charge is 0.307 e. The molecule has 0 saturated carbocycles. The molecule has 1 heterocycles. The molecule has 102 valence electrons. The number of rotatable bonds is 5. The van der Waals surface area contributed by atoms with Crippen LogP contribution >= 0.6 is 0 Å². The summed E-state index contributed by atoms with van der Waals surface area (Å²) in [5, 5.41) is 8.89. The van der Waals surface area contributed by atoms with Gasteiger partial charge in [0.05, 0.1) is 12.3 Å². The first-order valence-corrected chi connectivity index (χ1v) is 6.36. The number of carbonyl (C=O) groups excluding carboxylic acids is 1. The molecule has 5 heteroatoms. The van der Waals surface area contributed by atoms with Gasteiger partial charge in [-0.2, -0.15) is 0 Å². The molecule has 3 N–H and O–H groups in total. The summed E-state index contributed by atoms with van der Waals surface area (Å²) in [4.78, 5) is 24.1. The van der Waals surface area contributed by atoms with Gasteiger partial charge in [0, 0.05) is 13.1 Å². The first-order valence-electron chi connectivity index (χ1n) is 6.36. The Labute approximate surface area is 112 Å². The van der Waals surface area contributed by atoms with E-state index in [1.165, 1.54) is 0 Å². The number of hydrogen-bond acceptors (Lipinski definition) is 3. The minimum absolute atomic E-state index is 0.0310. The van der Waals surface area contributed by atoms with Crippen LogP contribution in [0.2, 0.25) is 0 Å². The monoisotopic (exact) mass is 262 g/mol. The van der Waals surface area contributed by atoms with Gasteiger partial charge in [-0.1, -0.05) is 24.3 Å². The molecule has 0 aliphatic carbocycles. The third-order valence-corrected chi connectivity index (χ3v) is 3.53. The summed E-state index contributed by atoms with van der Waals surface area (Å²) in [6.07, 6.45) is 0.819. The summed E-state index contributed by atoms with van der Waals surface area (Å²) in [5.74, 6) is -1.16. The molecule has 1 aromatic carbocycles. The number of aliphatic carboxylic acids is 1. The number of nitrogens with zero attached hydrogens (tertiary/aromatic N) is 1. The van der Waals surface area contributed by atoms with Crippen molar-refractivity contribution in [3.8, 4) is 0 Å². The molecule has 1 aliphatic heterocycles. The molecule has 0 aromatic heterocycles. The van der Waals surface area contributed by atoms with E-state index in [0.29, 0.717) is 13.1 Å². The van der Waals surface area contributed by atoms with Crippen molar-refractivity contribution < 1.29 is 14.7 Å². The molecule has 0 radical (unpaired) electrons. The second kappa shape index (κ2) is 5.84. The topological polar surface area (TPSA) is 83.6 Å². The van der Waals surface area contributed by atoms with Crippen molar-refractivity contribution in [1.29, 1.82) is 0 Å². The summed E-state index contributed by atoms with van der Waals surface area (Å²) >= 11 is 0. The number of carboxylic acid groups (broad SMARTS) is 1. The number of nitrogens with two attached hydrogens (primary N) is 1. The Morgan fingerprint density at radius 1 is 1.32 bits per heavy atom. The Hall–Kier alpha value is -1.88. The molecule has 0 bridgehead atoms. The van der Waals surface area contributed by atoms with E-state index in [1.54, 1.807) is 0 Å². The Kier molecular flexibility index (Phi) is 4.16. The number of likely N-dealkylation sites (tertiary alicyclic amines) is 1. The quantitative estimate of drug-likeness (QED) is 0.815. The second-order valence-electron chi connectivity index (χ2n) is 4.96. The Bertz CT molecular complexity index is 487. The highest BCUT2D eigenvalue weighted by molar-refractivity contribution is 5.77. The van der Waals surface area contributed by atoms with Gasteiger partial charge < -0.3 is 10.8 Å². The van der Waals surface area contributed by atoms with Crippen LogP contribution in [0, 0.1) is 5.92 Å². The van der Waals surface area contributed by atoms with Crippen LogP contribution in [0.25, 0.3) is 0 Å². The van der Waals surface area contributed by atoms with Gasteiger partial charge in [-0.25, -0.2) is 0 Å². The zero-order chi connectivity index (χ0) is 13.8. The predicted molar refractivity (Wildman–Crippen MR) is 70.4 cm³/mol. The third kappa shape index (κ3) is 3.54. The van der Waals surface area contributed by atoms with E-state index in [-0.39, 0.29) is 18.2 Å². The maximum atomic E-state index is 11.1. The minimum Gasteiger partial charge on any atom is -0.481 e. The largest absolute Gasteiger partial charge is 0.481 e. The minimum atomic E-state index is -0.830. The number of primary amides is 1. The van der Waals surface area contributed by atoms with Gasteiger partial charge in [0.25, 0.3) is 0 Å². The number of amides is 1. The molecule has 19 heavy (non-hydrogen) atoms. The molecular weight excluding hydrogens is 244 g/mol. The van der Waals surface area contributed by atoms with Crippen molar-refractivity contribution in [2.75, 3.05) is 13.1 Å². The van der Waals surface area contributed by atoms with Gasteiger partial charge in [-0.15, -0.1) is 0 Å². The van der Waals surface area contributed by atoms with Crippen LogP contribution in [0.4, 0.5) is 0 Å².